The van der Waals surface area contributed by atoms with E-state index in [9.17, 15) is 20.3 Å². The number of halogens is 1. The van der Waals surface area contributed by atoms with Crippen molar-refractivity contribution < 1.29 is 24.6 Å². The lowest BCUT2D eigenvalue weighted by molar-refractivity contribution is -0.386. The molecule has 0 aliphatic heterocycles. The molecule has 47 heavy (non-hydrogen) atoms. The highest BCUT2D eigenvalue weighted by Crippen LogP contribution is 2.32. The van der Waals surface area contributed by atoms with Gasteiger partial charge in [0.2, 0.25) is 0 Å². The molecule has 0 radical (unpaired) electrons. The van der Waals surface area contributed by atoms with Crippen LogP contribution < -0.4 is 9.47 Å². The van der Waals surface area contributed by atoms with E-state index in [-0.39, 0.29) is 37.2 Å². The zero-order valence-electron chi connectivity index (χ0n) is 25.8. The summed E-state index contributed by atoms with van der Waals surface area (Å²) >= 11 is 6.60. The van der Waals surface area contributed by atoms with E-state index in [0.29, 0.717) is 35.9 Å². The maximum absolute atomic E-state index is 12.0. The highest BCUT2D eigenvalue weighted by molar-refractivity contribution is 6.32. The van der Waals surface area contributed by atoms with Gasteiger partial charge >= 0.3 is 5.69 Å². The summed E-state index contributed by atoms with van der Waals surface area (Å²) in [5.74, 6) is 0.687. The fraction of sp³-hybridized carbons (Fsp3) is 0.211. The zero-order valence-corrected chi connectivity index (χ0v) is 26.6. The van der Waals surface area contributed by atoms with Gasteiger partial charge in [-0.15, -0.1) is 0 Å². The van der Waals surface area contributed by atoms with Gasteiger partial charge in [0.25, 0.3) is 0 Å². The molecule has 0 bridgehead atoms. The molecule has 0 fully saturated rings. The number of hydrogen-bond donors (Lipinski definition) is 2. The number of benzene rings is 5. The lowest BCUT2D eigenvalue weighted by Crippen LogP contribution is -2.41. The first-order chi connectivity index (χ1) is 22.9. The molecule has 242 valence electrons. The van der Waals surface area contributed by atoms with Crippen molar-refractivity contribution in [2.45, 2.75) is 38.3 Å². The SMILES string of the molecule is O=[N+]([O-])c1cc([C@@H](O)CN(Cc2ccccc2)[C@H](CO)Cc2ccc(OCc3ccccc3)c(Cl)c2)ccc1OCc1ccccc1. The molecule has 0 aliphatic rings. The topological polar surface area (TPSA) is 105 Å². The van der Waals surface area contributed by atoms with E-state index in [1.165, 1.54) is 12.1 Å². The van der Waals surface area contributed by atoms with Gasteiger partial charge in [0.15, 0.2) is 5.75 Å². The van der Waals surface area contributed by atoms with E-state index in [4.69, 9.17) is 21.1 Å². The lowest BCUT2D eigenvalue weighted by Gasteiger charge is -2.32. The number of rotatable bonds is 16. The van der Waals surface area contributed by atoms with Gasteiger partial charge in [0.05, 0.1) is 22.7 Å². The van der Waals surface area contributed by atoms with E-state index in [0.717, 1.165) is 22.3 Å². The standard InChI is InChI=1S/C38H37ClN2O6/c39-34-21-31(16-18-37(34)46-26-29-12-6-2-7-13-29)20-33(25-42)40(23-28-10-4-1-5-11-28)24-36(43)32-17-19-38(35(22-32)41(44)45)47-27-30-14-8-3-9-15-30/h1-19,21-22,33,36,42-43H,20,23-27H2/t33-,36-/m0/s1. The molecule has 0 aromatic heterocycles. The highest BCUT2D eigenvalue weighted by Gasteiger charge is 2.25. The van der Waals surface area contributed by atoms with Crippen LogP contribution in [0.1, 0.15) is 33.9 Å². The maximum Gasteiger partial charge on any atom is 0.311 e. The summed E-state index contributed by atoms with van der Waals surface area (Å²) in [6.45, 7) is 0.940. The first kappa shape index (κ1) is 33.6. The first-order valence-electron chi connectivity index (χ1n) is 15.4. The Morgan fingerprint density at radius 2 is 1.28 bits per heavy atom. The molecular formula is C38H37ClN2O6. The highest BCUT2D eigenvalue weighted by atomic mass is 35.5. The molecule has 0 amide bonds. The van der Waals surface area contributed by atoms with Crippen molar-refractivity contribution in [2.24, 2.45) is 0 Å². The van der Waals surface area contributed by atoms with Gasteiger partial charge < -0.3 is 19.7 Å². The third-order valence-corrected chi connectivity index (χ3v) is 8.16. The van der Waals surface area contributed by atoms with Crippen LogP contribution in [0.4, 0.5) is 5.69 Å². The maximum atomic E-state index is 12.0. The Hall–Kier alpha value is -4.73. The number of nitrogens with zero attached hydrogens (tertiary/aromatic N) is 2. The molecule has 0 saturated carbocycles. The molecule has 2 N–H and O–H groups in total. The van der Waals surface area contributed by atoms with Crippen molar-refractivity contribution in [2.75, 3.05) is 13.2 Å². The van der Waals surface area contributed by atoms with Crippen LogP contribution in [0, 0.1) is 10.1 Å². The Bertz CT molecular complexity index is 1720. The second-order valence-electron chi connectivity index (χ2n) is 11.3. The smallest absolute Gasteiger partial charge is 0.311 e. The average molecular weight is 653 g/mol. The Labute approximate surface area is 279 Å². The molecule has 9 heteroatoms. The number of nitro groups is 1. The second-order valence-corrected chi connectivity index (χ2v) is 11.7. The van der Waals surface area contributed by atoms with Crippen LogP contribution in [0.15, 0.2) is 127 Å². The third-order valence-electron chi connectivity index (χ3n) is 7.87. The minimum absolute atomic E-state index is 0.119. The minimum Gasteiger partial charge on any atom is -0.487 e. The van der Waals surface area contributed by atoms with Crippen molar-refractivity contribution >= 4 is 17.3 Å². The van der Waals surface area contributed by atoms with Gasteiger partial charge in [0.1, 0.15) is 19.0 Å². The van der Waals surface area contributed by atoms with E-state index < -0.39 is 11.0 Å². The molecule has 0 saturated heterocycles. The Morgan fingerprint density at radius 1 is 0.723 bits per heavy atom. The van der Waals surface area contributed by atoms with E-state index in [1.807, 2.05) is 114 Å². The Kier molecular flexibility index (Phi) is 12.0. The molecule has 0 heterocycles. The van der Waals surface area contributed by atoms with Crippen LogP contribution in [0.2, 0.25) is 5.02 Å². The molecule has 2 atom stereocenters. The predicted molar refractivity (Wildman–Crippen MR) is 182 cm³/mol. The van der Waals surface area contributed by atoms with E-state index in [2.05, 4.69) is 0 Å². The average Bonchev–Trinajstić information content (AvgIpc) is 3.10. The summed E-state index contributed by atoms with van der Waals surface area (Å²) in [6.07, 6.45) is -0.631. The molecule has 0 unspecified atom stereocenters. The quantitative estimate of drug-likeness (QED) is 0.0838. The molecular weight excluding hydrogens is 616 g/mol. The normalized spacial score (nSPS) is 12.4. The fourth-order valence-corrected chi connectivity index (χ4v) is 5.59. The van der Waals surface area contributed by atoms with Crippen molar-refractivity contribution in [3.63, 3.8) is 0 Å². The Morgan fingerprint density at radius 3 is 1.83 bits per heavy atom. The van der Waals surface area contributed by atoms with Gasteiger partial charge in [-0.25, -0.2) is 0 Å². The summed E-state index contributed by atoms with van der Waals surface area (Å²) in [6, 6.07) is 38.7. The van der Waals surface area contributed by atoms with E-state index >= 15 is 0 Å². The largest absolute Gasteiger partial charge is 0.487 e. The van der Waals surface area contributed by atoms with Crippen molar-refractivity contribution in [1.82, 2.24) is 4.90 Å². The van der Waals surface area contributed by atoms with Crippen LogP contribution in [-0.2, 0) is 26.2 Å². The summed E-state index contributed by atoms with van der Waals surface area (Å²) in [5.41, 5.74) is 3.95. The molecule has 5 aromatic carbocycles. The first-order valence-corrected chi connectivity index (χ1v) is 15.7. The predicted octanol–water partition coefficient (Wildman–Crippen LogP) is 7.55. The van der Waals surface area contributed by atoms with Crippen LogP contribution in [0.25, 0.3) is 0 Å². The Balaban J connectivity index is 1.31. The fourth-order valence-electron chi connectivity index (χ4n) is 5.33. The molecule has 0 aliphatic carbocycles. The molecule has 8 nitrogen and oxygen atoms in total. The number of aliphatic hydroxyl groups is 2. The minimum atomic E-state index is -1.08. The van der Waals surface area contributed by atoms with Crippen LogP contribution in [0.5, 0.6) is 11.5 Å². The van der Waals surface area contributed by atoms with Crippen molar-refractivity contribution in [1.29, 1.82) is 0 Å². The van der Waals surface area contributed by atoms with Gasteiger partial charge in [0, 0.05) is 25.2 Å². The third kappa shape index (κ3) is 9.64. The number of nitro benzene ring substituents is 1. The second kappa shape index (κ2) is 16.7. The zero-order chi connectivity index (χ0) is 33.0. The molecule has 5 rings (SSSR count). The molecule has 0 spiro atoms. The van der Waals surface area contributed by atoms with E-state index in [1.54, 1.807) is 6.07 Å². The van der Waals surface area contributed by atoms with Gasteiger partial charge in [-0.1, -0.05) is 115 Å². The number of aliphatic hydroxyl groups excluding tert-OH is 2. The summed E-state index contributed by atoms with van der Waals surface area (Å²) in [4.78, 5) is 13.5. The molecule has 5 aromatic rings. The van der Waals surface area contributed by atoms with Crippen LogP contribution in [-0.4, -0.2) is 39.2 Å². The van der Waals surface area contributed by atoms with Gasteiger partial charge in [-0.3, -0.25) is 15.0 Å². The van der Waals surface area contributed by atoms with Gasteiger partial charge in [-0.2, -0.15) is 0 Å². The monoisotopic (exact) mass is 652 g/mol. The summed E-state index contributed by atoms with van der Waals surface area (Å²) < 4.78 is 11.7. The lowest BCUT2D eigenvalue weighted by atomic mass is 10.0. The van der Waals surface area contributed by atoms with Gasteiger partial charge in [-0.05, 0) is 52.4 Å². The summed E-state index contributed by atoms with van der Waals surface area (Å²) in [7, 11) is 0. The van der Waals surface area contributed by atoms with Crippen LogP contribution in [0.3, 0.4) is 0 Å². The van der Waals surface area contributed by atoms with Crippen LogP contribution >= 0.6 is 11.6 Å². The van der Waals surface area contributed by atoms with Crippen molar-refractivity contribution in [3.8, 4) is 11.5 Å². The van der Waals surface area contributed by atoms with Crippen molar-refractivity contribution in [3.05, 3.63) is 170 Å². The number of ether oxygens (including phenoxy) is 2. The number of hydrogen-bond acceptors (Lipinski definition) is 7. The summed E-state index contributed by atoms with van der Waals surface area (Å²) in [5, 5.41) is 34.4.